The van der Waals surface area contributed by atoms with Gasteiger partial charge in [0.15, 0.2) is 0 Å². The zero-order valence-corrected chi connectivity index (χ0v) is 12.9. The number of benzene rings is 1. The quantitative estimate of drug-likeness (QED) is 0.909. The van der Waals surface area contributed by atoms with Crippen molar-refractivity contribution in [2.24, 2.45) is 11.7 Å². The summed E-state index contributed by atoms with van der Waals surface area (Å²) in [6, 6.07) is 6.09. The normalized spacial score (nSPS) is 24.4. The van der Waals surface area contributed by atoms with Crippen molar-refractivity contribution in [3.05, 3.63) is 29.6 Å². The summed E-state index contributed by atoms with van der Waals surface area (Å²) in [5.41, 5.74) is 7.47. The Morgan fingerprint density at radius 2 is 1.95 bits per heavy atom. The summed E-state index contributed by atoms with van der Waals surface area (Å²) in [6.07, 6.45) is 5.55. The van der Waals surface area contributed by atoms with E-state index in [4.69, 9.17) is 5.73 Å². The summed E-state index contributed by atoms with van der Waals surface area (Å²) >= 11 is 0. The SMILES string of the molecule is CC(N)Cc1ccc(N(C)C2CCC(C)CC2)c(F)c1. The van der Waals surface area contributed by atoms with Gasteiger partial charge in [-0.15, -0.1) is 0 Å². The maximum Gasteiger partial charge on any atom is 0.146 e. The van der Waals surface area contributed by atoms with Crippen LogP contribution in [0.5, 0.6) is 0 Å². The van der Waals surface area contributed by atoms with Crippen LogP contribution in [0.4, 0.5) is 10.1 Å². The Hall–Kier alpha value is -1.09. The molecule has 112 valence electrons. The van der Waals surface area contributed by atoms with E-state index in [0.29, 0.717) is 6.04 Å². The molecule has 2 rings (SSSR count). The summed E-state index contributed by atoms with van der Waals surface area (Å²) in [5, 5.41) is 0. The molecule has 0 radical (unpaired) electrons. The fraction of sp³-hybridized carbons (Fsp3) is 0.647. The number of hydrogen-bond acceptors (Lipinski definition) is 2. The highest BCUT2D eigenvalue weighted by Gasteiger charge is 2.23. The van der Waals surface area contributed by atoms with Crippen LogP contribution < -0.4 is 10.6 Å². The molecule has 1 unspecified atom stereocenters. The van der Waals surface area contributed by atoms with E-state index >= 15 is 0 Å². The Bertz CT molecular complexity index is 437. The van der Waals surface area contributed by atoms with E-state index in [9.17, 15) is 4.39 Å². The van der Waals surface area contributed by atoms with Crippen molar-refractivity contribution < 1.29 is 4.39 Å². The molecule has 1 aromatic carbocycles. The predicted octanol–water partition coefficient (Wildman–Crippen LogP) is 3.73. The number of nitrogens with two attached hydrogens (primary N) is 1. The molecule has 1 atom stereocenters. The molecular weight excluding hydrogens is 251 g/mol. The fourth-order valence-corrected chi connectivity index (χ4v) is 3.16. The fourth-order valence-electron chi connectivity index (χ4n) is 3.16. The van der Waals surface area contributed by atoms with Gasteiger partial charge in [-0.3, -0.25) is 0 Å². The van der Waals surface area contributed by atoms with Gasteiger partial charge in [-0.05, 0) is 62.6 Å². The maximum absolute atomic E-state index is 14.3. The second kappa shape index (κ2) is 6.57. The van der Waals surface area contributed by atoms with Gasteiger partial charge in [0.05, 0.1) is 5.69 Å². The Balaban J connectivity index is 2.08. The molecule has 0 amide bonds. The third kappa shape index (κ3) is 3.72. The summed E-state index contributed by atoms with van der Waals surface area (Å²) < 4.78 is 14.3. The molecule has 1 aliphatic carbocycles. The number of anilines is 1. The monoisotopic (exact) mass is 278 g/mol. The summed E-state index contributed by atoms with van der Waals surface area (Å²) in [6.45, 7) is 4.25. The first-order chi connectivity index (χ1) is 9.47. The van der Waals surface area contributed by atoms with Crippen molar-refractivity contribution in [2.45, 2.75) is 58.0 Å². The highest BCUT2D eigenvalue weighted by atomic mass is 19.1. The highest BCUT2D eigenvalue weighted by molar-refractivity contribution is 5.49. The van der Waals surface area contributed by atoms with Crippen molar-refractivity contribution in [2.75, 3.05) is 11.9 Å². The minimum Gasteiger partial charge on any atom is -0.369 e. The van der Waals surface area contributed by atoms with Crippen molar-refractivity contribution in [3.63, 3.8) is 0 Å². The molecule has 0 heterocycles. The Labute approximate surface area is 122 Å². The van der Waals surface area contributed by atoms with Gasteiger partial charge in [-0.1, -0.05) is 13.0 Å². The van der Waals surface area contributed by atoms with E-state index in [1.165, 1.54) is 25.7 Å². The van der Waals surface area contributed by atoms with Gasteiger partial charge in [-0.2, -0.15) is 0 Å². The topological polar surface area (TPSA) is 29.3 Å². The van der Waals surface area contributed by atoms with Crippen LogP contribution in [0, 0.1) is 11.7 Å². The molecular formula is C17H27FN2. The molecule has 0 spiro atoms. The molecule has 20 heavy (non-hydrogen) atoms. The van der Waals surface area contributed by atoms with Crippen LogP contribution in [0.3, 0.4) is 0 Å². The standard InChI is InChI=1S/C17H27FN2/c1-12-4-7-15(8-5-12)20(3)17-9-6-14(10-13(2)19)11-16(17)18/h6,9,11-13,15H,4-5,7-8,10,19H2,1-3H3. The van der Waals surface area contributed by atoms with E-state index in [1.54, 1.807) is 6.07 Å². The van der Waals surface area contributed by atoms with Gasteiger partial charge in [0, 0.05) is 19.1 Å². The number of hydrogen-bond donors (Lipinski definition) is 1. The summed E-state index contributed by atoms with van der Waals surface area (Å²) in [5.74, 6) is 0.696. The van der Waals surface area contributed by atoms with Crippen molar-refractivity contribution in [3.8, 4) is 0 Å². The third-order valence-electron chi connectivity index (χ3n) is 4.48. The molecule has 2 N–H and O–H groups in total. The first kappa shape index (κ1) is 15.3. The lowest BCUT2D eigenvalue weighted by atomic mass is 9.86. The Kier molecular flexibility index (Phi) is 5.03. The van der Waals surface area contributed by atoms with Crippen molar-refractivity contribution >= 4 is 5.69 Å². The first-order valence-electron chi connectivity index (χ1n) is 7.74. The minimum atomic E-state index is -0.121. The van der Waals surface area contributed by atoms with E-state index in [-0.39, 0.29) is 11.9 Å². The Morgan fingerprint density at radius 1 is 1.30 bits per heavy atom. The van der Waals surface area contributed by atoms with Gasteiger partial charge in [0.1, 0.15) is 5.82 Å². The summed E-state index contributed by atoms with van der Waals surface area (Å²) in [4.78, 5) is 2.12. The molecule has 0 aliphatic heterocycles. The van der Waals surface area contributed by atoms with Crippen LogP contribution in [0.1, 0.15) is 45.1 Å². The van der Waals surface area contributed by atoms with Gasteiger partial charge in [0.25, 0.3) is 0 Å². The smallest absolute Gasteiger partial charge is 0.146 e. The van der Waals surface area contributed by atoms with Crippen LogP contribution in [0.15, 0.2) is 18.2 Å². The molecule has 1 aromatic rings. The molecule has 0 bridgehead atoms. The van der Waals surface area contributed by atoms with Crippen LogP contribution in [-0.2, 0) is 6.42 Å². The summed E-state index contributed by atoms with van der Waals surface area (Å²) in [7, 11) is 2.02. The lowest BCUT2D eigenvalue weighted by Gasteiger charge is -2.35. The highest BCUT2D eigenvalue weighted by Crippen LogP contribution is 2.30. The van der Waals surface area contributed by atoms with E-state index in [0.717, 1.165) is 23.6 Å². The van der Waals surface area contributed by atoms with E-state index in [1.807, 2.05) is 26.1 Å². The largest absolute Gasteiger partial charge is 0.369 e. The third-order valence-corrected chi connectivity index (χ3v) is 4.48. The maximum atomic E-state index is 14.3. The first-order valence-corrected chi connectivity index (χ1v) is 7.74. The van der Waals surface area contributed by atoms with Crippen molar-refractivity contribution in [1.29, 1.82) is 0 Å². The molecule has 0 aromatic heterocycles. The van der Waals surface area contributed by atoms with Crippen LogP contribution in [0.25, 0.3) is 0 Å². The molecule has 2 nitrogen and oxygen atoms in total. The zero-order chi connectivity index (χ0) is 14.7. The van der Waals surface area contributed by atoms with Crippen molar-refractivity contribution in [1.82, 2.24) is 0 Å². The molecule has 1 fully saturated rings. The molecule has 1 saturated carbocycles. The molecule has 3 heteroatoms. The zero-order valence-electron chi connectivity index (χ0n) is 12.9. The average molecular weight is 278 g/mol. The number of halogens is 1. The average Bonchev–Trinajstić information content (AvgIpc) is 2.38. The van der Waals surface area contributed by atoms with Gasteiger partial charge < -0.3 is 10.6 Å². The Morgan fingerprint density at radius 3 is 2.50 bits per heavy atom. The van der Waals surface area contributed by atoms with E-state index < -0.39 is 0 Å². The van der Waals surface area contributed by atoms with Crippen LogP contribution >= 0.6 is 0 Å². The van der Waals surface area contributed by atoms with Crippen LogP contribution in [-0.4, -0.2) is 19.1 Å². The van der Waals surface area contributed by atoms with Crippen LogP contribution in [0.2, 0.25) is 0 Å². The number of nitrogens with zero attached hydrogens (tertiary/aromatic N) is 1. The number of rotatable bonds is 4. The second-order valence-corrected chi connectivity index (χ2v) is 6.49. The van der Waals surface area contributed by atoms with Gasteiger partial charge >= 0.3 is 0 Å². The lowest BCUT2D eigenvalue weighted by molar-refractivity contribution is 0.339. The lowest BCUT2D eigenvalue weighted by Crippen LogP contribution is -2.35. The predicted molar refractivity (Wildman–Crippen MR) is 83.6 cm³/mol. The molecule has 1 aliphatic rings. The van der Waals surface area contributed by atoms with E-state index in [2.05, 4.69) is 11.8 Å². The van der Waals surface area contributed by atoms with Gasteiger partial charge in [-0.25, -0.2) is 4.39 Å². The second-order valence-electron chi connectivity index (χ2n) is 6.49. The van der Waals surface area contributed by atoms with Gasteiger partial charge in [0.2, 0.25) is 0 Å². The molecule has 0 saturated heterocycles. The minimum absolute atomic E-state index is 0.0674.